The van der Waals surface area contributed by atoms with Crippen molar-refractivity contribution >= 4 is 0 Å². The minimum atomic E-state index is 0.472. The van der Waals surface area contributed by atoms with E-state index < -0.39 is 0 Å². The maximum atomic E-state index is 4.41. The Balaban J connectivity index is 1.91. The molecule has 4 heteroatoms. The van der Waals surface area contributed by atoms with Crippen LogP contribution in [0.5, 0.6) is 0 Å². The fourth-order valence-electron chi connectivity index (χ4n) is 2.27. The molecule has 2 aromatic heterocycles. The lowest BCUT2D eigenvalue weighted by molar-refractivity contribution is 0.476. The number of imidazole rings is 1. The van der Waals surface area contributed by atoms with Crippen LogP contribution in [0, 0.1) is 0 Å². The first-order chi connectivity index (χ1) is 9.29. The van der Waals surface area contributed by atoms with Gasteiger partial charge in [0.2, 0.25) is 0 Å². The third-order valence-corrected chi connectivity index (χ3v) is 3.37. The monoisotopic (exact) mass is 258 g/mol. The molecule has 0 bridgehead atoms. The van der Waals surface area contributed by atoms with Crippen LogP contribution < -0.4 is 5.32 Å². The highest BCUT2D eigenvalue weighted by molar-refractivity contribution is 5.10. The highest BCUT2D eigenvalue weighted by atomic mass is 15.0. The molecule has 2 aromatic rings. The van der Waals surface area contributed by atoms with Crippen LogP contribution >= 0.6 is 0 Å². The molecule has 2 heterocycles. The van der Waals surface area contributed by atoms with E-state index in [2.05, 4.69) is 38.9 Å². The molecule has 1 atom stereocenters. The topological polar surface area (TPSA) is 42.7 Å². The van der Waals surface area contributed by atoms with Gasteiger partial charge in [-0.15, -0.1) is 0 Å². The summed E-state index contributed by atoms with van der Waals surface area (Å²) in [6.45, 7) is 3.14. The Bertz CT molecular complexity index is 478. The molecule has 1 N–H and O–H groups in total. The van der Waals surface area contributed by atoms with Crippen molar-refractivity contribution in [2.45, 2.75) is 32.2 Å². The van der Waals surface area contributed by atoms with E-state index in [0.29, 0.717) is 6.04 Å². The number of hydrogen-bond donors (Lipinski definition) is 1. The number of aromatic nitrogens is 3. The van der Waals surface area contributed by atoms with E-state index >= 15 is 0 Å². The first-order valence-electron chi connectivity index (χ1n) is 6.88. The smallest absolute Gasteiger partial charge is 0.109 e. The van der Waals surface area contributed by atoms with Crippen molar-refractivity contribution in [3.05, 3.63) is 48.3 Å². The minimum absolute atomic E-state index is 0.472. The molecule has 0 aromatic carbocycles. The maximum absolute atomic E-state index is 4.41. The van der Waals surface area contributed by atoms with Crippen molar-refractivity contribution in [2.75, 3.05) is 6.54 Å². The summed E-state index contributed by atoms with van der Waals surface area (Å²) in [5.41, 5.74) is 1.35. The Kier molecular flexibility index (Phi) is 5.10. The Morgan fingerprint density at radius 2 is 2.05 bits per heavy atom. The molecule has 19 heavy (non-hydrogen) atoms. The van der Waals surface area contributed by atoms with Crippen molar-refractivity contribution in [1.29, 1.82) is 0 Å². The second-order valence-electron chi connectivity index (χ2n) is 4.81. The molecule has 0 aliphatic carbocycles. The fraction of sp³-hybridized carbons (Fsp3) is 0.467. The average molecular weight is 258 g/mol. The predicted octanol–water partition coefficient (Wildman–Crippen LogP) is 1.97. The Morgan fingerprint density at radius 1 is 1.26 bits per heavy atom. The summed E-state index contributed by atoms with van der Waals surface area (Å²) < 4.78 is 2.09. The molecule has 0 amide bonds. The van der Waals surface area contributed by atoms with Gasteiger partial charge in [-0.05, 0) is 37.1 Å². The van der Waals surface area contributed by atoms with Crippen LogP contribution in [-0.2, 0) is 19.9 Å². The van der Waals surface area contributed by atoms with Gasteiger partial charge in [-0.25, -0.2) is 4.98 Å². The molecule has 0 spiro atoms. The van der Waals surface area contributed by atoms with Crippen LogP contribution in [0.4, 0.5) is 0 Å². The quantitative estimate of drug-likeness (QED) is 0.825. The Hall–Kier alpha value is -1.68. The lowest BCUT2D eigenvalue weighted by Gasteiger charge is -2.17. The normalized spacial score (nSPS) is 12.5. The predicted molar refractivity (Wildman–Crippen MR) is 76.9 cm³/mol. The molecule has 4 nitrogen and oxygen atoms in total. The molecule has 0 fully saturated rings. The first-order valence-corrected chi connectivity index (χ1v) is 6.88. The van der Waals surface area contributed by atoms with E-state index in [1.165, 1.54) is 5.56 Å². The highest BCUT2D eigenvalue weighted by Crippen LogP contribution is 2.08. The molecule has 0 saturated carbocycles. The number of aryl methyl sites for hydroxylation is 2. The first kappa shape index (κ1) is 13.7. The van der Waals surface area contributed by atoms with Crippen molar-refractivity contribution in [2.24, 2.45) is 7.05 Å². The molecule has 0 aliphatic rings. The molecular formula is C15H22N4. The Labute approximate surface area is 114 Å². The van der Waals surface area contributed by atoms with Gasteiger partial charge in [-0.1, -0.05) is 6.92 Å². The van der Waals surface area contributed by atoms with Crippen LogP contribution in [0.3, 0.4) is 0 Å². The van der Waals surface area contributed by atoms with E-state index in [9.17, 15) is 0 Å². The summed E-state index contributed by atoms with van der Waals surface area (Å²) in [6.07, 6.45) is 10.7. The van der Waals surface area contributed by atoms with E-state index in [0.717, 1.165) is 31.6 Å². The average Bonchev–Trinajstić information content (AvgIpc) is 2.83. The summed E-state index contributed by atoms with van der Waals surface area (Å²) in [6, 6.07) is 4.65. The zero-order chi connectivity index (χ0) is 13.5. The fourth-order valence-corrected chi connectivity index (χ4v) is 2.27. The summed E-state index contributed by atoms with van der Waals surface area (Å²) in [4.78, 5) is 8.46. The zero-order valence-electron chi connectivity index (χ0n) is 11.7. The summed E-state index contributed by atoms with van der Waals surface area (Å²) in [5.74, 6) is 1.14. The Morgan fingerprint density at radius 3 is 2.68 bits per heavy atom. The minimum Gasteiger partial charge on any atom is -0.338 e. The zero-order valence-corrected chi connectivity index (χ0v) is 11.7. The number of pyridine rings is 1. The van der Waals surface area contributed by atoms with Crippen molar-refractivity contribution in [1.82, 2.24) is 19.9 Å². The number of likely N-dealkylation sites (N-methyl/N-ethyl adjacent to an activating group) is 1. The van der Waals surface area contributed by atoms with Crippen LogP contribution in [0.25, 0.3) is 0 Å². The van der Waals surface area contributed by atoms with Gasteiger partial charge in [0.15, 0.2) is 0 Å². The number of hydrogen-bond acceptors (Lipinski definition) is 3. The van der Waals surface area contributed by atoms with Crippen molar-refractivity contribution in [3.8, 4) is 0 Å². The van der Waals surface area contributed by atoms with Gasteiger partial charge in [0, 0.05) is 44.3 Å². The van der Waals surface area contributed by atoms with Crippen LogP contribution in [0.2, 0.25) is 0 Å². The van der Waals surface area contributed by atoms with E-state index in [-0.39, 0.29) is 0 Å². The van der Waals surface area contributed by atoms with Crippen LogP contribution in [-0.4, -0.2) is 27.1 Å². The summed E-state index contributed by atoms with van der Waals surface area (Å²) in [5, 5.41) is 3.55. The highest BCUT2D eigenvalue weighted by Gasteiger charge is 2.11. The molecular weight excluding hydrogens is 236 g/mol. The molecule has 102 valence electrons. The molecule has 1 unspecified atom stereocenters. The number of nitrogens with zero attached hydrogens (tertiary/aromatic N) is 3. The van der Waals surface area contributed by atoms with Crippen molar-refractivity contribution < 1.29 is 0 Å². The summed E-state index contributed by atoms with van der Waals surface area (Å²) >= 11 is 0. The van der Waals surface area contributed by atoms with E-state index in [1.54, 1.807) is 0 Å². The standard InChI is InChI=1S/C15H22N4/c1-3-17-14(12-15-18-10-11-19(15)2)5-4-13-6-8-16-9-7-13/h6-11,14,17H,3-5,12H2,1-2H3. The third-order valence-electron chi connectivity index (χ3n) is 3.37. The second-order valence-corrected chi connectivity index (χ2v) is 4.81. The molecule has 0 aliphatic heterocycles. The second kappa shape index (κ2) is 7.04. The van der Waals surface area contributed by atoms with Gasteiger partial charge in [0.1, 0.15) is 5.82 Å². The van der Waals surface area contributed by atoms with Crippen molar-refractivity contribution in [3.63, 3.8) is 0 Å². The number of rotatable bonds is 7. The SMILES string of the molecule is CCNC(CCc1ccncc1)Cc1nccn1C. The summed E-state index contributed by atoms with van der Waals surface area (Å²) in [7, 11) is 2.05. The van der Waals surface area contributed by atoms with Gasteiger partial charge >= 0.3 is 0 Å². The molecule has 0 radical (unpaired) electrons. The largest absolute Gasteiger partial charge is 0.338 e. The van der Waals surface area contributed by atoms with Gasteiger partial charge in [-0.2, -0.15) is 0 Å². The maximum Gasteiger partial charge on any atom is 0.109 e. The van der Waals surface area contributed by atoms with Crippen LogP contribution in [0.15, 0.2) is 36.9 Å². The van der Waals surface area contributed by atoms with Crippen LogP contribution in [0.1, 0.15) is 24.7 Å². The van der Waals surface area contributed by atoms with Gasteiger partial charge in [-0.3, -0.25) is 4.98 Å². The lowest BCUT2D eigenvalue weighted by atomic mass is 10.0. The number of nitrogens with one attached hydrogen (secondary N) is 1. The molecule has 2 rings (SSSR count). The lowest BCUT2D eigenvalue weighted by Crippen LogP contribution is -2.32. The van der Waals surface area contributed by atoms with E-state index in [1.807, 2.05) is 31.8 Å². The van der Waals surface area contributed by atoms with Gasteiger partial charge in [0.05, 0.1) is 0 Å². The van der Waals surface area contributed by atoms with Gasteiger partial charge < -0.3 is 9.88 Å². The third kappa shape index (κ3) is 4.17. The van der Waals surface area contributed by atoms with Gasteiger partial charge in [0.25, 0.3) is 0 Å². The molecule has 0 saturated heterocycles. The van der Waals surface area contributed by atoms with E-state index in [4.69, 9.17) is 0 Å².